The molecule has 0 radical (unpaired) electrons. The fourth-order valence-corrected chi connectivity index (χ4v) is 8.64. The third-order valence-electron chi connectivity index (χ3n) is 12.3. The second-order valence-electron chi connectivity index (χ2n) is 23.7. The van der Waals surface area contributed by atoms with Gasteiger partial charge in [-0.15, -0.1) is 42.9 Å². The second kappa shape index (κ2) is 21.4. The topological polar surface area (TPSA) is 0 Å². The van der Waals surface area contributed by atoms with E-state index in [1.807, 2.05) is 24.3 Å². The van der Waals surface area contributed by atoms with Crippen molar-refractivity contribution in [2.24, 2.45) is 16.2 Å². The number of rotatable bonds is 0. The van der Waals surface area contributed by atoms with Crippen LogP contribution in [0.5, 0.6) is 0 Å². The molecule has 4 aliphatic carbocycles. The van der Waals surface area contributed by atoms with Crippen molar-refractivity contribution in [1.82, 2.24) is 0 Å². The van der Waals surface area contributed by atoms with Crippen LogP contribution in [-0.2, 0) is 52.3 Å². The summed E-state index contributed by atoms with van der Waals surface area (Å²) in [6, 6.07) is 32.3. The van der Waals surface area contributed by atoms with Crippen LogP contribution < -0.4 is 0 Å². The van der Waals surface area contributed by atoms with Gasteiger partial charge in [-0.25, -0.2) is 11.6 Å². The van der Waals surface area contributed by atoms with Gasteiger partial charge in [0.05, 0.1) is 0 Å². The van der Waals surface area contributed by atoms with E-state index in [4.69, 9.17) is 0 Å². The Morgan fingerprint density at radius 2 is 0.969 bits per heavy atom. The molecule has 0 saturated heterocycles. The summed E-state index contributed by atoms with van der Waals surface area (Å²) in [5.41, 5.74) is 19.9. The number of halogens is 2. The molecule has 4 aliphatic rings. The third-order valence-corrected chi connectivity index (χ3v) is 12.3. The van der Waals surface area contributed by atoms with E-state index < -0.39 is 0 Å². The fourth-order valence-electron chi connectivity index (χ4n) is 8.64. The molecule has 0 aliphatic heterocycles. The van der Waals surface area contributed by atoms with E-state index in [0.29, 0.717) is 5.41 Å². The van der Waals surface area contributed by atoms with E-state index in [2.05, 4.69) is 227 Å². The van der Waals surface area contributed by atoms with Crippen LogP contribution in [0.25, 0.3) is 22.3 Å². The Labute approximate surface area is 420 Å². The first-order chi connectivity index (χ1) is 28.4. The Kier molecular flexibility index (Phi) is 19.2. The molecule has 0 bridgehead atoms. The Balaban J connectivity index is 0.000000349. The molecule has 0 fully saturated rings. The number of benzene rings is 4. The number of hydrogen-bond acceptors (Lipinski definition) is 0. The number of hydrogen-bond donors (Lipinski definition) is 0. The third kappa shape index (κ3) is 13.9. The summed E-state index contributed by atoms with van der Waals surface area (Å²) in [6.45, 7) is 43.3. The van der Waals surface area contributed by atoms with Crippen LogP contribution in [0.3, 0.4) is 0 Å². The first-order valence-electron chi connectivity index (χ1n) is 22.7. The van der Waals surface area contributed by atoms with Crippen molar-refractivity contribution < 1.29 is 24.2 Å². The van der Waals surface area contributed by atoms with Gasteiger partial charge in [0.1, 0.15) is 0 Å². The molecule has 0 nitrogen and oxygen atoms in total. The molecule has 4 aromatic carbocycles. The van der Waals surface area contributed by atoms with Crippen molar-refractivity contribution >= 4 is 40.2 Å². The van der Waals surface area contributed by atoms with Gasteiger partial charge >= 0.3 is 28.4 Å². The molecule has 0 unspecified atom stereocenters. The number of allylic oxidation sites excluding steroid dienone is 8. The molecule has 0 spiro atoms. The first kappa shape index (κ1) is 57.3. The molecule has 346 valence electrons. The van der Waals surface area contributed by atoms with Crippen molar-refractivity contribution in [3.05, 3.63) is 165 Å². The van der Waals surface area contributed by atoms with Crippen molar-refractivity contribution in [1.29, 1.82) is 0 Å². The zero-order valence-electron chi connectivity index (χ0n) is 43.1. The Hall–Kier alpha value is -2.83. The van der Waals surface area contributed by atoms with Gasteiger partial charge in [0, 0.05) is 5.41 Å². The molecule has 0 amide bonds. The van der Waals surface area contributed by atoms with Crippen molar-refractivity contribution in [3.8, 4) is 11.1 Å². The van der Waals surface area contributed by atoms with Crippen LogP contribution in [0.15, 0.2) is 96.6 Å². The van der Waals surface area contributed by atoms with E-state index in [9.17, 15) is 0 Å². The van der Waals surface area contributed by atoms with Crippen LogP contribution >= 0.6 is 24.8 Å². The number of fused-ring (bicyclic) bond motifs is 5. The van der Waals surface area contributed by atoms with Crippen LogP contribution in [0.1, 0.15) is 182 Å². The van der Waals surface area contributed by atoms with Gasteiger partial charge in [0.2, 0.25) is 0 Å². The standard InChI is InChI=1S/C31H37.2C10H13.C9H13.CH2.2ClH.Zr/c1-28(2,3)26-16-30(7,8)24-12-18-11-19-13-25-23(15-21(19)20(18)14-22(24)26)27(29(4,5)6)17-31(25,9)10;2*1-10(2,3)9-7-5-4-6-8-9;1-9(2,3)8-6-4-5-7-8;;;;/h12-16H,11H2,1-10H3;2*5-8H,1-3H3;6-7H,4H2,1-3H3;1H2;2*1H;/q4*-1;;;;. The molecule has 0 heterocycles. The average molecular weight is 975 g/mol. The minimum absolute atomic E-state index is 0. The van der Waals surface area contributed by atoms with Gasteiger partial charge in [-0.1, -0.05) is 161 Å². The minimum atomic E-state index is -0.0202. The molecular weight excluding hydrogens is 895 g/mol. The Bertz CT molecular complexity index is 2170. The van der Waals surface area contributed by atoms with Crippen molar-refractivity contribution in [3.63, 3.8) is 0 Å². The second-order valence-corrected chi connectivity index (χ2v) is 23.7. The first-order valence-corrected chi connectivity index (χ1v) is 24.5. The quantitative estimate of drug-likeness (QED) is 0.136. The summed E-state index contributed by atoms with van der Waals surface area (Å²) in [7, 11) is 0. The van der Waals surface area contributed by atoms with Crippen LogP contribution in [-0.4, -0.2) is 4.21 Å². The zero-order chi connectivity index (χ0) is 46.9. The summed E-state index contributed by atoms with van der Waals surface area (Å²) in [5.74, 6) is 0. The summed E-state index contributed by atoms with van der Waals surface area (Å²) >= 11 is 1.30. The van der Waals surface area contributed by atoms with Gasteiger partial charge in [-0.3, -0.25) is 12.2 Å². The summed E-state index contributed by atoms with van der Waals surface area (Å²) in [4.78, 5) is 0. The monoisotopic (exact) mass is 972 g/mol. The van der Waals surface area contributed by atoms with E-state index in [1.165, 1.54) is 96.6 Å². The fraction of sp³-hybridized carbons (Fsp3) is 0.459. The SMILES string of the molecule is CC(C)(C)C1=CC[C-]=C1.CC(C)(C)C1=[C-]C(C)(C)c2cc3c(cc21)-c1cc2c(cc1C3)C(C)(C)C=C2C(C)(C)C.CC(C)(C)c1cc[c-]cc1.CC(C)(C)c1cc[c-]cc1.Cl.Cl.[CH2]=[Zr]. The average Bonchev–Trinajstić information content (AvgIpc) is 3.95. The molecular formula is C61H80Cl2Zr-4. The molecule has 8 rings (SSSR count). The predicted molar refractivity (Wildman–Crippen MR) is 284 cm³/mol. The Morgan fingerprint density at radius 1 is 0.531 bits per heavy atom. The molecule has 0 aromatic heterocycles. The maximum atomic E-state index is 3.85. The molecule has 0 saturated carbocycles. The van der Waals surface area contributed by atoms with Crippen LogP contribution in [0.4, 0.5) is 0 Å². The maximum absolute atomic E-state index is 3.85. The van der Waals surface area contributed by atoms with E-state index in [0.717, 1.165) is 12.8 Å². The molecule has 64 heavy (non-hydrogen) atoms. The van der Waals surface area contributed by atoms with Gasteiger partial charge in [-0.2, -0.15) is 89.0 Å². The molecule has 0 atom stereocenters. The van der Waals surface area contributed by atoms with Crippen molar-refractivity contribution in [2.45, 2.75) is 166 Å². The van der Waals surface area contributed by atoms with E-state index in [-0.39, 0.29) is 57.3 Å². The van der Waals surface area contributed by atoms with Crippen LogP contribution in [0, 0.1) is 40.5 Å². The molecule has 0 N–H and O–H groups in total. The van der Waals surface area contributed by atoms with Gasteiger partial charge in [-0.05, 0) is 73.1 Å². The zero-order valence-corrected chi connectivity index (χ0v) is 47.2. The molecule has 4 aromatic rings. The van der Waals surface area contributed by atoms with Gasteiger partial charge in [0.15, 0.2) is 0 Å². The summed E-state index contributed by atoms with van der Waals surface area (Å²) in [5, 5.41) is 0. The van der Waals surface area contributed by atoms with E-state index >= 15 is 0 Å². The Morgan fingerprint density at radius 3 is 1.31 bits per heavy atom. The molecule has 3 heteroatoms. The predicted octanol–water partition coefficient (Wildman–Crippen LogP) is 17.6. The summed E-state index contributed by atoms with van der Waals surface area (Å²) in [6.07, 6.45) is 15.9. The van der Waals surface area contributed by atoms with Crippen LogP contribution in [0.2, 0.25) is 0 Å². The van der Waals surface area contributed by atoms with E-state index in [1.54, 1.807) is 0 Å². The van der Waals surface area contributed by atoms with Gasteiger partial charge in [0.25, 0.3) is 0 Å². The summed E-state index contributed by atoms with van der Waals surface area (Å²) < 4.78 is 3.34. The normalized spacial score (nSPS) is 15.9. The van der Waals surface area contributed by atoms with Gasteiger partial charge < -0.3 is 0 Å². The van der Waals surface area contributed by atoms with Crippen molar-refractivity contribution in [2.75, 3.05) is 0 Å².